The number of hydrogen-bond donors (Lipinski definition) is 1. The van der Waals surface area contributed by atoms with Crippen molar-refractivity contribution in [1.82, 2.24) is 20.2 Å². The Hall–Kier alpha value is -3.59. The van der Waals surface area contributed by atoms with Gasteiger partial charge in [0.25, 0.3) is 5.91 Å². The molecule has 1 N–H and O–H groups in total. The molecule has 190 valence electrons. The van der Waals surface area contributed by atoms with E-state index in [1.54, 1.807) is 12.3 Å². The molecule has 0 aliphatic carbocycles. The maximum Gasteiger partial charge on any atom is 0.273 e. The van der Waals surface area contributed by atoms with Crippen LogP contribution in [0.25, 0.3) is 0 Å². The number of hydrogen-bond acceptors (Lipinski definition) is 7. The fraction of sp³-hybridized carbons (Fsp3) is 0.222. The zero-order chi connectivity index (χ0) is 25.6. The minimum atomic E-state index is -0.300. The van der Waals surface area contributed by atoms with Crippen LogP contribution in [0, 0.1) is 0 Å². The summed E-state index contributed by atoms with van der Waals surface area (Å²) in [5.41, 5.74) is 3.01. The smallest absolute Gasteiger partial charge is 0.273 e. The summed E-state index contributed by atoms with van der Waals surface area (Å²) in [5.74, 6) is 1.54. The minimum absolute atomic E-state index is 0.212. The number of rotatable bonds is 10. The van der Waals surface area contributed by atoms with Crippen LogP contribution in [-0.2, 0) is 26.1 Å². The van der Waals surface area contributed by atoms with E-state index in [0.29, 0.717) is 54.3 Å². The summed E-state index contributed by atoms with van der Waals surface area (Å²) in [6, 6.07) is 17.1. The van der Waals surface area contributed by atoms with Crippen molar-refractivity contribution >= 4 is 29.1 Å². The minimum Gasteiger partial charge on any atom is -0.454 e. The number of amides is 1. The van der Waals surface area contributed by atoms with E-state index in [9.17, 15) is 4.79 Å². The highest BCUT2D eigenvalue weighted by Gasteiger charge is 2.19. The summed E-state index contributed by atoms with van der Waals surface area (Å²) in [4.78, 5) is 23.4. The van der Waals surface area contributed by atoms with E-state index in [2.05, 4.69) is 20.2 Å². The van der Waals surface area contributed by atoms with Gasteiger partial charge in [0, 0.05) is 37.9 Å². The summed E-state index contributed by atoms with van der Waals surface area (Å²) in [7, 11) is 0. The van der Waals surface area contributed by atoms with Crippen LogP contribution in [0.15, 0.2) is 71.5 Å². The van der Waals surface area contributed by atoms with Crippen molar-refractivity contribution < 1.29 is 18.7 Å². The molecule has 0 saturated carbocycles. The molecule has 8 nitrogen and oxygen atoms in total. The zero-order valence-electron chi connectivity index (χ0n) is 19.8. The maximum absolute atomic E-state index is 12.6. The summed E-state index contributed by atoms with van der Waals surface area (Å²) in [6.45, 7) is 2.04. The van der Waals surface area contributed by atoms with Gasteiger partial charge in [-0.1, -0.05) is 47.5 Å². The Morgan fingerprint density at radius 3 is 2.76 bits per heavy atom. The van der Waals surface area contributed by atoms with E-state index < -0.39 is 0 Å². The summed E-state index contributed by atoms with van der Waals surface area (Å²) < 4.78 is 16.6. The lowest BCUT2D eigenvalue weighted by atomic mass is 10.1. The van der Waals surface area contributed by atoms with Gasteiger partial charge >= 0.3 is 0 Å². The quantitative estimate of drug-likeness (QED) is 0.293. The number of nitrogens with one attached hydrogen (secondary N) is 1. The molecule has 0 atom stereocenters. The first-order valence-corrected chi connectivity index (χ1v) is 12.5. The molecule has 5 rings (SSSR count). The molecule has 2 aromatic heterocycles. The second-order valence-corrected chi connectivity index (χ2v) is 9.28. The molecule has 0 saturated heterocycles. The van der Waals surface area contributed by atoms with Gasteiger partial charge in [0.2, 0.25) is 12.7 Å². The van der Waals surface area contributed by atoms with Gasteiger partial charge in [0.05, 0.1) is 16.6 Å². The highest BCUT2D eigenvalue weighted by molar-refractivity contribution is 6.42. The first-order chi connectivity index (χ1) is 18.0. The van der Waals surface area contributed by atoms with E-state index in [1.807, 2.05) is 48.5 Å². The average molecular weight is 539 g/mol. The van der Waals surface area contributed by atoms with E-state index in [0.717, 1.165) is 22.6 Å². The van der Waals surface area contributed by atoms with Gasteiger partial charge < -0.3 is 19.2 Å². The molecule has 3 heterocycles. The fourth-order valence-corrected chi connectivity index (χ4v) is 4.38. The molecule has 0 radical (unpaired) electrons. The molecule has 10 heteroatoms. The van der Waals surface area contributed by atoms with Crippen LogP contribution in [0.4, 0.5) is 0 Å². The fourth-order valence-electron chi connectivity index (χ4n) is 4.00. The maximum atomic E-state index is 12.6. The third-order valence-corrected chi connectivity index (χ3v) is 6.66. The van der Waals surface area contributed by atoms with Gasteiger partial charge in [-0.2, -0.15) is 0 Å². The van der Waals surface area contributed by atoms with Crippen molar-refractivity contribution in [3.8, 4) is 11.5 Å². The number of ether oxygens (including phenoxy) is 2. The molecule has 0 spiro atoms. The number of benzene rings is 2. The van der Waals surface area contributed by atoms with E-state index in [1.165, 1.54) is 6.26 Å². The summed E-state index contributed by atoms with van der Waals surface area (Å²) >= 11 is 12.7. The lowest BCUT2D eigenvalue weighted by molar-refractivity contribution is 0.0949. The zero-order valence-corrected chi connectivity index (χ0v) is 21.3. The Morgan fingerprint density at radius 1 is 1.00 bits per heavy atom. The topological polar surface area (TPSA) is 89.7 Å². The second-order valence-electron chi connectivity index (χ2n) is 8.50. The summed E-state index contributed by atoms with van der Waals surface area (Å²) in [5, 5.41) is 3.85. The Balaban J connectivity index is 1.27. The van der Waals surface area contributed by atoms with Crippen molar-refractivity contribution in [2.24, 2.45) is 0 Å². The Labute approximate surface area is 224 Å². The third-order valence-electron chi connectivity index (χ3n) is 5.80. The molecular formula is C27H24Cl2N4O4. The molecule has 0 bridgehead atoms. The molecule has 1 aliphatic heterocycles. The Kier molecular flexibility index (Phi) is 7.89. The average Bonchev–Trinajstić information content (AvgIpc) is 3.57. The molecule has 0 fully saturated rings. The second kappa shape index (κ2) is 11.6. The predicted molar refractivity (Wildman–Crippen MR) is 139 cm³/mol. The van der Waals surface area contributed by atoms with Crippen molar-refractivity contribution in [3.05, 3.63) is 106 Å². The normalized spacial score (nSPS) is 12.2. The van der Waals surface area contributed by atoms with Crippen LogP contribution < -0.4 is 14.8 Å². The van der Waals surface area contributed by atoms with E-state index in [4.69, 9.17) is 37.1 Å². The van der Waals surface area contributed by atoms with Crippen LogP contribution in [-0.4, -0.2) is 34.1 Å². The van der Waals surface area contributed by atoms with Crippen LogP contribution in [0.2, 0.25) is 10.0 Å². The van der Waals surface area contributed by atoms with Crippen LogP contribution in [0.5, 0.6) is 11.5 Å². The molecule has 1 amide bonds. The van der Waals surface area contributed by atoms with Crippen LogP contribution in [0.3, 0.4) is 0 Å². The van der Waals surface area contributed by atoms with Gasteiger partial charge in [0.15, 0.2) is 17.2 Å². The first kappa shape index (κ1) is 25.1. The number of carbonyl (C=O) groups excluding carboxylic acids is 1. The predicted octanol–water partition coefficient (Wildman–Crippen LogP) is 5.28. The van der Waals surface area contributed by atoms with E-state index >= 15 is 0 Å². The van der Waals surface area contributed by atoms with Crippen LogP contribution >= 0.6 is 23.2 Å². The van der Waals surface area contributed by atoms with Crippen molar-refractivity contribution in [3.63, 3.8) is 0 Å². The van der Waals surface area contributed by atoms with Gasteiger partial charge in [0.1, 0.15) is 6.26 Å². The van der Waals surface area contributed by atoms with Crippen molar-refractivity contribution in [2.45, 2.75) is 26.1 Å². The van der Waals surface area contributed by atoms with Crippen molar-refractivity contribution in [1.29, 1.82) is 0 Å². The number of oxazole rings is 1. The van der Waals surface area contributed by atoms with Gasteiger partial charge in [-0.25, -0.2) is 4.98 Å². The SMILES string of the molecule is O=C(NCCc1ccccn1)c1coc(CN(Cc2ccc3c(c2)OCO3)Cc2cccc(Cl)c2Cl)n1. The summed E-state index contributed by atoms with van der Waals surface area (Å²) in [6.07, 6.45) is 3.73. The lowest BCUT2D eigenvalue weighted by Crippen LogP contribution is -2.26. The number of nitrogens with zero attached hydrogens (tertiary/aromatic N) is 3. The van der Waals surface area contributed by atoms with Crippen LogP contribution in [0.1, 0.15) is 33.2 Å². The Morgan fingerprint density at radius 2 is 1.89 bits per heavy atom. The molecule has 37 heavy (non-hydrogen) atoms. The van der Waals surface area contributed by atoms with Gasteiger partial charge in [-0.3, -0.25) is 14.7 Å². The Bertz CT molecular complexity index is 1380. The number of carbonyl (C=O) groups is 1. The lowest BCUT2D eigenvalue weighted by Gasteiger charge is -2.22. The monoisotopic (exact) mass is 538 g/mol. The number of aromatic nitrogens is 2. The highest BCUT2D eigenvalue weighted by Crippen LogP contribution is 2.33. The third kappa shape index (κ3) is 6.40. The van der Waals surface area contributed by atoms with Crippen molar-refractivity contribution in [2.75, 3.05) is 13.3 Å². The standard InChI is InChI=1S/C27H24Cl2N4O4/c28-21-6-3-4-19(26(21)29)14-33(13-18-7-8-23-24(12-18)37-17-36-23)15-25-32-22(16-35-25)27(34)31-11-9-20-5-1-2-10-30-20/h1-8,10,12,16H,9,11,13-15,17H2,(H,31,34). The first-order valence-electron chi connectivity index (χ1n) is 11.7. The molecule has 1 aliphatic rings. The molecule has 4 aromatic rings. The molecule has 0 unspecified atom stereocenters. The van der Waals surface area contributed by atoms with E-state index in [-0.39, 0.29) is 18.4 Å². The number of halogens is 2. The highest BCUT2D eigenvalue weighted by atomic mass is 35.5. The largest absolute Gasteiger partial charge is 0.454 e. The number of pyridine rings is 1. The number of fused-ring (bicyclic) bond motifs is 1. The molecular weight excluding hydrogens is 515 g/mol. The molecule has 2 aromatic carbocycles. The van der Waals surface area contributed by atoms with Gasteiger partial charge in [-0.15, -0.1) is 0 Å². The van der Waals surface area contributed by atoms with Gasteiger partial charge in [-0.05, 0) is 41.5 Å².